The average Bonchev–Trinajstić information content (AvgIpc) is 3.23. The molecule has 4 aromatic rings. The van der Waals surface area contributed by atoms with Gasteiger partial charge < -0.3 is 15.2 Å². The number of aliphatic imine (C=N–C) groups is 1. The molecular weight excluding hydrogens is 410 g/mol. The highest BCUT2D eigenvalue weighted by molar-refractivity contribution is 6.10. The molecule has 0 saturated carbocycles. The highest BCUT2D eigenvalue weighted by atomic mass is 16.1. The number of nitrogens with one attached hydrogen (secondary N) is 3. The predicted octanol–water partition coefficient (Wildman–Crippen LogP) is 4.98. The summed E-state index contributed by atoms with van der Waals surface area (Å²) in [6.45, 7) is 2.58. The number of guanidine groups is 1. The summed E-state index contributed by atoms with van der Waals surface area (Å²) in [5.74, 6) is 0.225. The molecule has 0 radical (unpaired) electrons. The molecule has 33 heavy (non-hydrogen) atoms. The van der Waals surface area contributed by atoms with Crippen molar-refractivity contribution in [3.63, 3.8) is 0 Å². The van der Waals surface area contributed by atoms with Crippen LogP contribution in [-0.2, 0) is 6.42 Å². The van der Waals surface area contributed by atoms with Gasteiger partial charge in [-0.1, -0.05) is 42.0 Å². The lowest BCUT2D eigenvalue weighted by molar-refractivity contribution is 0.0977. The molecule has 0 bridgehead atoms. The minimum atomic E-state index is -0.204. The molecule has 0 fully saturated rings. The second kappa shape index (κ2) is 10.0. The fourth-order valence-electron chi connectivity index (χ4n) is 3.62. The lowest BCUT2D eigenvalue weighted by Gasteiger charge is -2.15. The van der Waals surface area contributed by atoms with Gasteiger partial charge in [-0.15, -0.1) is 0 Å². The van der Waals surface area contributed by atoms with Crippen molar-refractivity contribution in [2.75, 3.05) is 30.9 Å². The first-order chi connectivity index (χ1) is 16.0. The summed E-state index contributed by atoms with van der Waals surface area (Å²) < 4.78 is 0. The maximum Gasteiger partial charge on any atom is 0.258 e. The molecule has 0 atom stereocenters. The fourth-order valence-corrected chi connectivity index (χ4v) is 3.62. The molecule has 1 amide bonds. The largest absolute Gasteiger partial charge is 0.378 e. The molecule has 0 saturated heterocycles. The highest BCUT2D eigenvalue weighted by Gasteiger charge is 2.11. The molecule has 0 aliphatic carbocycles. The minimum Gasteiger partial charge on any atom is -0.378 e. The van der Waals surface area contributed by atoms with Crippen LogP contribution in [0, 0.1) is 6.92 Å². The van der Waals surface area contributed by atoms with Crippen molar-refractivity contribution in [1.29, 1.82) is 0 Å². The standard InChI is InChI=1S/C27H29N5O/c1-19-11-13-22(14-12-19)30-27(31-26(33)20-7-6-8-23(17-20)32(2)3)28-16-15-21-18-29-25-10-5-4-9-24(21)25/h4-14,17-18,29H,15-16H2,1-3H3,(H2,28,30,31,33). The summed E-state index contributed by atoms with van der Waals surface area (Å²) in [5, 5.41) is 7.41. The number of hydrogen-bond donors (Lipinski definition) is 3. The Labute approximate surface area is 194 Å². The van der Waals surface area contributed by atoms with Gasteiger partial charge in [0.1, 0.15) is 0 Å². The van der Waals surface area contributed by atoms with Crippen molar-refractivity contribution in [3.05, 3.63) is 95.7 Å². The van der Waals surface area contributed by atoms with E-state index in [1.54, 1.807) is 6.07 Å². The predicted molar refractivity (Wildman–Crippen MR) is 137 cm³/mol. The van der Waals surface area contributed by atoms with Gasteiger partial charge in [0.25, 0.3) is 5.91 Å². The number of anilines is 2. The summed E-state index contributed by atoms with van der Waals surface area (Å²) >= 11 is 0. The van der Waals surface area contributed by atoms with Gasteiger partial charge >= 0.3 is 0 Å². The average molecular weight is 440 g/mol. The molecule has 3 N–H and O–H groups in total. The van der Waals surface area contributed by atoms with Crippen molar-refractivity contribution in [2.24, 2.45) is 4.99 Å². The third-order valence-corrected chi connectivity index (χ3v) is 5.50. The lowest BCUT2D eigenvalue weighted by Crippen LogP contribution is -2.36. The molecule has 6 heteroatoms. The zero-order valence-electron chi connectivity index (χ0n) is 19.2. The highest BCUT2D eigenvalue weighted by Crippen LogP contribution is 2.18. The van der Waals surface area contributed by atoms with Crippen molar-refractivity contribution >= 4 is 34.1 Å². The summed E-state index contributed by atoms with van der Waals surface area (Å²) in [7, 11) is 3.90. The topological polar surface area (TPSA) is 72.5 Å². The number of aryl methyl sites for hydroxylation is 1. The number of carbonyl (C=O) groups is 1. The second-order valence-corrected chi connectivity index (χ2v) is 8.23. The van der Waals surface area contributed by atoms with E-state index in [1.807, 2.05) is 86.7 Å². The van der Waals surface area contributed by atoms with Crippen molar-refractivity contribution in [3.8, 4) is 0 Å². The molecule has 3 aromatic carbocycles. The number of H-pyrrole nitrogens is 1. The van der Waals surface area contributed by atoms with E-state index in [9.17, 15) is 4.79 Å². The lowest BCUT2D eigenvalue weighted by atomic mass is 10.1. The van der Waals surface area contributed by atoms with Crippen LogP contribution in [-0.4, -0.2) is 37.5 Å². The van der Waals surface area contributed by atoms with Crippen molar-refractivity contribution < 1.29 is 4.79 Å². The van der Waals surface area contributed by atoms with Crippen LogP contribution in [0.25, 0.3) is 10.9 Å². The quantitative estimate of drug-likeness (QED) is 0.293. The first-order valence-electron chi connectivity index (χ1n) is 11.0. The molecule has 4 rings (SSSR count). The molecule has 1 heterocycles. The van der Waals surface area contributed by atoms with Crippen LogP contribution in [0.5, 0.6) is 0 Å². The number of fused-ring (bicyclic) bond motifs is 1. The number of nitrogens with zero attached hydrogens (tertiary/aromatic N) is 2. The fraction of sp³-hybridized carbons (Fsp3) is 0.185. The third kappa shape index (κ3) is 5.60. The molecular formula is C27H29N5O. The molecule has 0 aliphatic rings. The van der Waals surface area contributed by atoms with E-state index in [2.05, 4.69) is 27.8 Å². The Morgan fingerprint density at radius 3 is 2.58 bits per heavy atom. The van der Waals surface area contributed by atoms with E-state index >= 15 is 0 Å². The molecule has 0 spiro atoms. The Hall–Kier alpha value is -4.06. The normalized spacial score (nSPS) is 11.4. The Kier molecular flexibility index (Phi) is 6.74. The number of hydrogen-bond acceptors (Lipinski definition) is 3. The van der Waals surface area contributed by atoms with Gasteiger partial charge in [-0.3, -0.25) is 15.1 Å². The van der Waals surface area contributed by atoms with Gasteiger partial charge in [-0.25, -0.2) is 0 Å². The van der Waals surface area contributed by atoms with Gasteiger partial charge in [0.2, 0.25) is 5.96 Å². The van der Waals surface area contributed by atoms with Crippen LogP contribution in [0.1, 0.15) is 21.5 Å². The van der Waals surface area contributed by atoms with Gasteiger partial charge in [0.05, 0.1) is 0 Å². The first-order valence-corrected chi connectivity index (χ1v) is 11.0. The van der Waals surface area contributed by atoms with Gasteiger partial charge in [-0.2, -0.15) is 0 Å². The molecule has 1 aromatic heterocycles. The van der Waals surface area contributed by atoms with Crippen LogP contribution in [0.3, 0.4) is 0 Å². The SMILES string of the molecule is Cc1ccc(NC(=NCCc2c[nH]c3ccccc23)NC(=O)c2cccc(N(C)C)c2)cc1. The zero-order chi connectivity index (χ0) is 23.2. The van der Waals surface area contributed by atoms with E-state index < -0.39 is 0 Å². The number of carbonyl (C=O) groups excluding carboxylic acids is 1. The minimum absolute atomic E-state index is 0.204. The molecule has 0 aliphatic heterocycles. The maximum absolute atomic E-state index is 13.0. The summed E-state index contributed by atoms with van der Waals surface area (Å²) in [6.07, 6.45) is 2.79. The van der Waals surface area contributed by atoms with Crippen molar-refractivity contribution in [1.82, 2.24) is 10.3 Å². The Balaban J connectivity index is 1.52. The summed E-state index contributed by atoms with van der Waals surface area (Å²) in [4.78, 5) is 23.0. The summed E-state index contributed by atoms with van der Waals surface area (Å²) in [6, 6.07) is 23.7. The third-order valence-electron chi connectivity index (χ3n) is 5.50. The van der Waals surface area contributed by atoms with Gasteiger partial charge in [0.15, 0.2) is 0 Å². The Bertz CT molecular complexity index is 1270. The Morgan fingerprint density at radius 1 is 1.00 bits per heavy atom. The monoisotopic (exact) mass is 439 g/mol. The number of rotatable bonds is 6. The van der Waals surface area contributed by atoms with E-state index in [4.69, 9.17) is 4.99 Å². The maximum atomic E-state index is 13.0. The van der Waals surface area contributed by atoms with Crippen LogP contribution >= 0.6 is 0 Å². The number of aromatic nitrogens is 1. The Morgan fingerprint density at radius 2 is 1.79 bits per heavy atom. The second-order valence-electron chi connectivity index (χ2n) is 8.23. The van der Waals surface area contributed by atoms with E-state index in [0.717, 1.165) is 23.3 Å². The molecule has 0 unspecified atom stereocenters. The smallest absolute Gasteiger partial charge is 0.258 e. The van der Waals surface area contributed by atoms with Crippen LogP contribution in [0.4, 0.5) is 11.4 Å². The van der Waals surface area contributed by atoms with Gasteiger partial charge in [-0.05, 0) is 55.3 Å². The number of benzene rings is 3. The number of para-hydroxylation sites is 1. The zero-order valence-corrected chi connectivity index (χ0v) is 19.2. The van der Waals surface area contributed by atoms with Crippen LogP contribution in [0.2, 0.25) is 0 Å². The first kappa shape index (κ1) is 22.1. The van der Waals surface area contributed by atoms with Gasteiger partial charge in [0, 0.05) is 54.7 Å². The van der Waals surface area contributed by atoms with Crippen LogP contribution in [0.15, 0.2) is 84.0 Å². The van der Waals surface area contributed by atoms with Crippen LogP contribution < -0.4 is 15.5 Å². The van der Waals surface area contributed by atoms with E-state index in [-0.39, 0.29) is 5.91 Å². The molecule has 168 valence electrons. The van der Waals surface area contributed by atoms with Crippen molar-refractivity contribution in [2.45, 2.75) is 13.3 Å². The molecule has 6 nitrogen and oxygen atoms in total. The number of amides is 1. The van der Waals surface area contributed by atoms with E-state index in [1.165, 1.54) is 16.5 Å². The summed E-state index contributed by atoms with van der Waals surface area (Å²) in [5.41, 5.74) is 5.90. The number of aromatic amines is 1. The van der Waals surface area contributed by atoms with E-state index in [0.29, 0.717) is 18.1 Å².